The number of hydrogen-bond donors (Lipinski definition) is 2. The van der Waals surface area contributed by atoms with E-state index in [1.807, 2.05) is 12.1 Å². The minimum Gasteiger partial charge on any atom is -0.497 e. The molecule has 0 aliphatic carbocycles. The van der Waals surface area contributed by atoms with Crippen LogP contribution in [0.2, 0.25) is 5.02 Å². The molecule has 2 rings (SSSR count). The SMILES string of the molecule is COc1ccc(Sc2c(N)cc(N)c(Cl)c2F)cc1. The lowest BCUT2D eigenvalue weighted by molar-refractivity contribution is 0.414. The fourth-order valence-corrected chi connectivity index (χ4v) is 2.60. The zero-order chi connectivity index (χ0) is 14.0. The van der Waals surface area contributed by atoms with Crippen molar-refractivity contribution in [1.82, 2.24) is 0 Å². The van der Waals surface area contributed by atoms with Crippen molar-refractivity contribution in [3.63, 3.8) is 0 Å². The zero-order valence-corrected chi connectivity index (χ0v) is 11.7. The van der Waals surface area contributed by atoms with E-state index < -0.39 is 5.82 Å². The largest absolute Gasteiger partial charge is 0.497 e. The maximum atomic E-state index is 14.0. The molecule has 0 atom stereocenters. The first kappa shape index (κ1) is 13.8. The van der Waals surface area contributed by atoms with E-state index in [2.05, 4.69) is 0 Å². The first-order valence-corrected chi connectivity index (χ1v) is 6.57. The minimum absolute atomic E-state index is 0.106. The molecule has 2 aromatic carbocycles. The lowest BCUT2D eigenvalue weighted by Gasteiger charge is -2.10. The van der Waals surface area contributed by atoms with Gasteiger partial charge in [0.1, 0.15) is 10.8 Å². The van der Waals surface area contributed by atoms with Crippen LogP contribution >= 0.6 is 23.4 Å². The third kappa shape index (κ3) is 2.88. The van der Waals surface area contributed by atoms with Gasteiger partial charge in [0.15, 0.2) is 5.82 Å². The third-order valence-corrected chi connectivity index (χ3v) is 4.01. The molecule has 0 aliphatic heterocycles. The van der Waals surface area contributed by atoms with E-state index in [4.69, 9.17) is 27.8 Å². The maximum absolute atomic E-state index is 14.0. The first-order valence-electron chi connectivity index (χ1n) is 5.37. The Morgan fingerprint density at radius 3 is 2.37 bits per heavy atom. The summed E-state index contributed by atoms with van der Waals surface area (Å²) in [5.74, 6) is 0.133. The van der Waals surface area contributed by atoms with Gasteiger partial charge in [0.05, 0.1) is 23.4 Å². The predicted molar refractivity (Wildman–Crippen MR) is 77.4 cm³/mol. The van der Waals surface area contributed by atoms with Crippen molar-refractivity contribution >= 4 is 34.7 Å². The van der Waals surface area contributed by atoms with Gasteiger partial charge in [-0.15, -0.1) is 0 Å². The number of rotatable bonds is 3. The molecular weight excluding hydrogens is 287 g/mol. The van der Waals surface area contributed by atoms with Crippen molar-refractivity contribution in [2.24, 2.45) is 0 Å². The van der Waals surface area contributed by atoms with Gasteiger partial charge in [0.25, 0.3) is 0 Å². The Labute approximate surface area is 119 Å². The molecule has 0 saturated carbocycles. The second kappa shape index (κ2) is 5.59. The van der Waals surface area contributed by atoms with Crippen molar-refractivity contribution in [2.75, 3.05) is 18.6 Å². The van der Waals surface area contributed by atoms with Crippen LogP contribution < -0.4 is 16.2 Å². The molecular formula is C13H12ClFN2OS. The molecule has 0 amide bonds. The summed E-state index contributed by atoms with van der Waals surface area (Å²) in [5, 5.41) is -0.106. The van der Waals surface area contributed by atoms with Gasteiger partial charge in [0.2, 0.25) is 0 Å². The van der Waals surface area contributed by atoms with E-state index in [1.165, 1.54) is 17.8 Å². The van der Waals surface area contributed by atoms with Gasteiger partial charge in [-0.1, -0.05) is 23.4 Å². The van der Waals surface area contributed by atoms with Crippen LogP contribution in [-0.2, 0) is 0 Å². The highest BCUT2D eigenvalue weighted by Gasteiger charge is 2.15. The van der Waals surface area contributed by atoms with Crippen molar-refractivity contribution in [3.05, 3.63) is 41.2 Å². The highest BCUT2D eigenvalue weighted by atomic mass is 35.5. The van der Waals surface area contributed by atoms with Gasteiger partial charge in [-0.3, -0.25) is 0 Å². The van der Waals surface area contributed by atoms with Gasteiger partial charge in [-0.2, -0.15) is 0 Å². The molecule has 2 aromatic rings. The van der Waals surface area contributed by atoms with Gasteiger partial charge in [-0.25, -0.2) is 4.39 Å². The second-order valence-electron chi connectivity index (χ2n) is 3.79. The molecule has 0 saturated heterocycles. The van der Waals surface area contributed by atoms with Gasteiger partial charge in [0, 0.05) is 4.90 Å². The molecule has 100 valence electrons. The standard InChI is InChI=1S/C13H12ClFN2OS/c1-18-7-2-4-8(5-3-7)19-13-10(17)6-9(16)11(14)12(13)15/h2-6H,16-17H2,1H3. The Bertz CT molecular complexity index is 605. The Balaban J connectivity index is 2.35. The summed E-state index contributed by atoms with van der Waals surface area (Å²) in [4.78, 5) is 1.09. The quantitative estimate of drug-likeness (QED) is 0.846. The van der Waals surface area contributed by atoms with Crippen LogP contribution in [0.4, 0.5) is 15.8 Å². The topological polar surface area (TPSA) is 61.3 Å². The number of nitrogens with two attached hydrogens (primary N) is 2. The van der Waals surface area contributed by atoms with Crippen LogP contribution in [0.5, 0.6) is 5.75 Å². The summed E-state index contributed by atoms with van der Waals surface area (Å²) in [6.45, 7) is 0. The van der Waals surface area contributed by atoms with Gasteiger partial charge in [-0.05, 0) is 30.3 Å². The van der Waals surface area contributed by atoms with Crippen molar-refractivity contribution in [3.8, 4) is 5.75 Å². The molecule has 0 aliphatic rings. The number of methoxy groups -OCH3 is 1. The van der Waals surface area contributed by atoms with Gasteiger partial charge < -0.3 is 16.2 Å². The molecule has 4 N–H and O–H groups in total. The van der Waals surface area contributed by atoms with Crippen molar-refractivity contribution in [2.45, 2.75) is 9.79 Å². The lowest BCUT2D eigenvalue weighted by atomic mass is 10.3. The van der Waals surface area contributed by atoms with E-state index in [9.17, 15) is 4.39 Å². The first-order chi connectivity index (χ1) is 9.02. The molecule has 0 bridgehead atoms. The predicted octanol–water partition coefficient (Wildman–Crippen LogP) is 3.80. The second-order valence-corrected chi connectivity index (χ2v) is 5.25. The molecule has 0 heterocycles. The van der Waals surface area contributed by atoms with E-state index in [0.717, 1.165) is 10.6 Å². The maximum Gasteiger partial charge on any atom is 0.159 e. The highest BCUT2D eigenvalue weighted by molar-refractivity contribution is 7.99. The molecule has 0 unspecified atom stereocenters. The van der Waals surface area contributed by atoms with Crippen LogP contribution in [0.15, 0.2) is 40.1 Å². The Morgan fingerprint density at radius 1 is 1.16 bits per heavy atom. The third-order valence-electron chi connectivity index (χ3n) is 2.50. The summed E-state index contributed by atoms with van der Waals surface area (Å²) in [7, 11) is 1.58. The number of hydrogen-bond acceptors (Lipinski definition) is 4. The minimum atomic E-state index is -0.597. The Kier molecular flexibility index (Phi) is 4.07. The summed E-state index contributed by atoms with van der Waals surface area (Å²) >= 11 is 6.97. The molecule has 0 spiro atoms. The summed E-state index contributed by atoms with van der Waals surface area (Å²) in [5.41, 5.74) is 11.7. The van der Waals surface area contributed by atoms with E-state index >= 15 is 0 Å². The molecule has 0 fully saturated rings. The molecule has 19 heavy (non-hydrogen) atoms. The zero-order valence-electron chi connectivity index (χ0n) is 10.1. The number of benzene rings is 2. The van der Waals surface area contributed by atoms with Crippen LogP contribution in [0.25, 0.3) is 0 Å². The number of anilines is 2. The molecule has 6 heteroatoms. The number of halogens is 2. The average molecular weight is 299 g/mol. The van der Waals surface area contributed by atoms with Crippen LogP contribution in [-0.4, -0.2) is 7.11 Å². The van der Waals surface area contributed by atoms with E-state index in [1.54, 1.807) is 19.2 Å². The smallest absolute Gasteiger partial charge is 0.159 e. The Morgan fingerprint density at radius 2 is 1.79 bits per heavy atom. The van der Waals surface area contributed by atoms with Crippen molar-refractivity contribution < 1.29 is 9.13 Å². The Hall–Kier alpha value is -1.59. The van der Waals surface area contributed by atoms with E-state index in [0.29, 0.717) is 0 Å². The highest BCUT2D eigenvalue weighted by Crippen LogP contribution is 2.39. The average Bonchev–Trinajstić information content (AvgIpc) is 2.42. The van der Waals surface area contributed by atoms with Crippen LogP contribution in [0.3, 0.4) is 0 Å². The number of nitrogen functional groups attached to an aromatic ring is 2. The van der Waals surface area contributed by atoms with E-state index in [-0.39, 0.29) is 21.3 Å². The fraction of sp³-hybridized carbons (Fsp3) is 0.0769. The normalized spacial score (nSPS) is 10.5. The van der Waals surface area contributed by atoms with Crippen molar-refractivity contribution in [1.29, 1.82) is 0 Å². The lowest BCUT2D eigenvalue weighted by Crippen LogP contribution is -1.98. The summed E-state index contributed by atoms with van der Waals surface area (Å²) < 4.78 is 19.1. The molecule has 0 radical (unpaired) electrons. The molecule has 0 aromatic heterocycles. The fourth-order valence-electron chi connectivity index (χ4n) is 1.51. The van der Waals surface area contributed by atoms with Crippen LogP contribution in [0, 0.1) is 5.82 Å². The summed E-state index contributed by atoms with van der Waals surface area (Å²) in [6.07, 6.45) is 0. The van der Waals surface area contributed by atoms with Crippen LogP contribution in [0.1, 0.15) is 0 Å². The monoisotopic (exact) mass is 298 g/mol. The molecule has 3 nitrogen and oxygen atoms in total. The number of ether oxygens (including phenoxy) is 1. The summed E-state index contributed by atoms with van der Waals surface area (Å²) in [6, 6.07) is 8.65. The van der Waals surface area contributed by atoms with Gasteiger partial charge >= 0.3 is 0 Å².